The molecular formula is C21H27NO4. The zero-order valence-corrected chi connectivity index (χ0v) is 15.2. The minimum atomic E-state index is -0.00419. The summed E-state index contributed by atoms with van der Waals surface area (Å²) >= 11 is 0. The molecule has 2 aliphatic carbocycles. The van der Waals surface area contributed by atoms with E-state index in [9.17, 15) is 14.7 Å². The van der Waals surface area contributed by atoms with E-state index >= 15 is 0 Å². The highest BCUT2D eigenvalue weighted by Crippen LogP contribution is 2.34. The first-order valence-electron chi connectivity index (χ1n) is 9.92. The van der Waals surface area contributed by atoms with Crippen molar-refractivity contribution in [1.29, 1.82) is 0 Å². The summed E-state index contributed by atoms with van der Waals surface area (Å²) in [4.78, 5) is 26.7. The van der Waals surface area contributed by atoms with Crippen LogP contribution < -0.4 is 0 Å². The number of rotatable bonds is 4. The number of phenols is 1. The predicted molar refractivity (Wildman–Crippen MR) is 96.6 cm³/mol. The van der Waals surface area contributed by atoms with E-state index in [1.54, 1.807) is 12.1 Å². The van der Waals surface area contributed by atoms with E-state index in [0.717, 1.165) is 50.6 Å². The monoisotopic (exact) mass is 357 g/mol. The summed E-state index contributed by atoms with van der Waals surface area (Å²) in [7, 11) is 0. The quantitative estimate of drug-likeness (QED) is 0.836. The molecule has 26 heavy (non-hydrogen) atoms. The van der Waals surface area contributed by atoms with Gasteiger partial charge in [0.25, 0.3) is 5.91 Å². The van der Waals surface area contributed by atoms with Crippen molar-refractivity contribution in [2.45, 2.75) is 64.0 Å². The van der Waals surface area contributed by atoms with Crippen molar-refractivity contribution in [2.75, 3.05) is 6.54 Å². The molecule has 0 aromatic heterocycles. The summed E-state index contributed by atoms with van der Waals surface area (Å²) in [6.45, 7) is 1.36. The standard InChI is InChI=1S/C21H27NO4/c23-17-10-9-16-13-22(20(24)19(16)11-17)12-14-5-7-15(8-6-14)21(25)26-18-3-1-2-4-18/h9-11,14-15,18,23H,1-8,12-13H2/t14-,15-. The summed E-state index contributed by atoms with van der Waals surface area (Å²) in [5.41, 5.74) is 1.61. The fourth-order valence-corrected chi connectivity index (χ4v) is 4.66. The zero-order valence-electron chi connectivity index (χ0n) is 15.2. The molecule has 5 nitrogen and oxygen atoms in total. The Labute approximate surface area is 154 Å². The van der Waals surface area contributed by atoms with Crippen LogP contribution in [0.5, 0.6) is 5.75 Å². The summed E-state index contributed by atoms with van der Waals surface area (Å²) in [6, 6.07) is 5.03. The number of carbonyl (C=O) groups is 2. The third-order valence-electron chi connectivity index (χ3n) is 6.22. The number of phenolic OH excluding ortho intramolecular Hbond substituents is 1. The van der Waals surface area contributed by atoms with Crippen molar-refractivity contribution in [1.82, 2.24) is 4.90 Å². The molecule has 140 valence electrons. The highest BCUT2D eigenvalue weighted by atomic mass is 16.5. The topological polar surface area (TPSA) is 66.8 Å². The number of esters is 1. The number of ether oxygens (including phenoxy) is 1. The zero-order chi connectivity index (χ0) is 18.1. The molecule has 0 bridgehead atoms. The Morgan fingerprint density at radius 1 is 1.12 bits per heavy atom. The Morgan fingerprint density at radius 2 is 1.85 bits per heavy atom. The maximum atomic E-state index is 12.5. The summed E-state index contributed by atoms with van der Waals surface area (Å²) in [5, 5.41) is 9.59. The lowest BCUT2D eigenvalue weighted by atomic mass is 9.82. The molecule has 0 atom stereocenters. The molecule has 0 saturated heterocycles. The Morgan fingerprint density at radius 3 is 2.58 bits per heavy atom. The third kappa shape index (κ3) is 3.57. The summed E-state index contributed by atoms with van der Waals surface area (Å²) in [6.07, 6.45) is 8.22. The number of fused-ring (bicyclic) bond motifs is 1. The SMILES string of the molecule is O=C1c2cc(O)ccc2CN1C[C@H]1CC[C@H](C(=O)OC2CCCC2)CC1. The number of amides is 1. The highest BCUT2D eigenvalue weighted by molar-refractivity contribution is 5.98. The van der Waals surface area contributed by atoms with Crippen LogP contribution in [0.3, 0.4) is 0 Å². The van der Waals surface area contributed by atoms with E-state index in [0.29, 0.717) is 18.0 Å². The second-order valence-corrected chi connectivity index (χ2v) is 8.09. The lowest BCUT2D eigenvalue weighted by molar-refractivity contribution is -0.155. The van der Waals surface area contributed by atoms with Crippen molar-refractivity contribution < 1.29 is 19.4 Å². The molecule has 2 fully saturated rings. The third-order valence-corrected chi connectivity index (χ3v) is 6.22. The van der Waals surface area contributed by atoms with Gasteiger partial charge in [-0.05, 0) is 75.0 Å². The van der Waals surface area contributed by atoms with Crippen LogP contribution in [0.1, 0.15) is 67.3 Å². The van der Waals surface area contributed by atoms with Gasteiger partial charge in [-0.25, -0.2) is 0 Å². The van der Waals surface area contributed by atoms with Gasteiger partial charge in [0.15, 0.2) is 0 Å². The number of nitrogens with zero attached hydrogens (tertiary/aromatic N) is 1. The fraction of sp³-hybridized carbons (Fsp3) is 0.619. The van der Waals surface area contributed by atoms with Gasteiger partial charge in [0, 0.05) is 18.7 Å². The molecule has 4 rings (SSSR count). The molecule has 5 heteroatoms. The maximum Gasteiger partial charge on any atom is 0.309 e. The number of benzene rings is 1. The van der Waals surface area contributed by atoms with Crippen molar-refractivity contribution in [3.63, 3.8) is 0 Å². The van der Waals surface area contributed by atoms with Gasteiger partial charge in [-0.1, -0.05) is 6.07 Å². The summed E-state index contributed by atoms with van der Waals surface area (Å²) in [5.74, 6) is 0.627. The van der Waals surface area contributed by atoms with Crippen molar-refractivity contribution in [2.24, 2.45) is 11.8 Å². The predicted octanol–water partition coefficient (Wildman–Crippen LogP) is 3.64. The van der Waals surface area contributed by atoms with Crippen LogP contribution in [0.15, 0.2) is 18.2 Å². The van der Waals surface area contributed by atoms with Crippen LogP contribution >= 0.6 is 0 Å². The molecular weight excluding hydrogens is 330 g/mol. The number of carbonyl (C=O) groups excluding carboxylic acids is 2. The first kappa shape index (κ1) is 17.4. The lowest BCUT2D eigenvalue weighted by Crippen LogP contribution is -2.33. The van der Waals surface area contributed by atoms with Crippen molar-refractivity contribution >= 4 is 11.9 Å². The molecule has 1 amide bonds. The van der Waals surface area contributed by atoms with Crippen LogP contribution in [0.25, 0.3) is 0 Å². The molecule has 1 heterocycles. The molecule has 1 aromatic rings. The van der Waals surface area contributed by atoms with E-state index in [4.69, 9.17) is 4.74 Å². The minimum absolute atomic E-state index is 0.00419. The largest absolute Gasteiger partial charge is 0.508 e. The number of aromatic hydroxyl groups is 1. The van der Waals surface area contributed by atoms with E-state index in [1.807, 2.05) is 11.0 Å². The van der Waals surface area contributed by atoms with Crippen LogP contribution in [0.4, 0.5) is 0 Å². The second kappa shape index (κ2) is 7.29. The average molecular weight is 357 g/mol. The van der Waals surface area contributed by atoms with Crippen LogP contribution in [-0.4, -0.2) is 34.5 Å². The molecule has 0 unspecified atom stereocenters. The van der Waals surface area contributed by atoms with Crippen molar-refractivity contribution in [3.8, 4) is 5.75 Å². The Balaban J connectivity index is 1.27. The van der Waals surface area contributed by atoms with E-state index in [2.05, 4.69) is 0 Å². The van der Waals surface area contributed by atoms with E-state index in [1.165, 1.54) is 12.8 Å². The lowest BCUT2D eigenvalue weighted by Gasteiger charge is -2.30. The highest BCUT2D eigenvalue weighted by Gasteiger charge is 2.33. The first-order chi connectivity index (χ1) is 12.6. The van der Waals surface area contributed by atoms with Gasteiger partial charge in [-0.15, -0.1) is 0 Å². The molecule has 3 aliphatic rings. The fourth-order valence-electron chi connectivity index (χ4n) is 4.66. The Kier molecular flexibility index (Phi) is 4.88. The van der Waals surface area contributed by atoms with E-state index in [-0.39, 0.29) is 29.6 Å². The van der Waals surface area contributed by atoms with Gasteiger partial charge in [0.2, 0.25) is 0 Å². The van der Waals surface area contributed by atoms with Crippen LogP contribution in [0, 0.1) is 11.8 Å². The van der Waals surface area contributed by atoms with Crippen LogP contribution in [-0.2, 0) is 16.1 Å². The maximum absolute atomic E-state index is 12.5. The van der Waals surface area contributed by atoms with Crippen molar-refractivity contribution in [3.05, 3.63) is 29.3 Å². The smallest absolute Gasteiger partial charge is 0.309 e. The Bertz CT molecular complexity index is 687. The minimum Gasteiger partial charge on any atom is -0.508 e. The van der Waals surface area contributed by atoms with Gasteiger partial charge < -0.3 is 14.7 Å². The van der Waals surface area contributed by atoms with Crippen LogP contribution in [0.2, 0.25) is 0 Å². The average Bonchev–Trinajstić information content (AvgIpc) is 3.25. The molecule has 1 N–H and O–H groups in total. The second-order valence-electron chi connectivity index (χ2n) is 8.09. The molecule has 1 aromatic carbocycles. The normalized spacial score (nSPS) is 26.2. The number of hydrogen-bond acceptors (Lipinski definition) is 4. The van der Waals surface area contributed by atoms with Gasteiger partial charge in [-0.2, -0.15) is 0 Å². The molecule has 0 spiro atoms. The van der Waals surface area contributed by atoms with Gasteiger partial charge in [0.1, 0.15) is 11.9 Å². The summed E-state index contributed by atoms with van der Waals surface area (Å²) < 4.78 is 5.66. The van der Waals surface area contributed by atoms with Gasteiger partial charge in [0.05, 0.1) is 5.92 Å². The molecule has 1 aliphatic heterocycles. The number of hydrogen-bond donors (Lipinski definition) is 1. The first-order valence-corrected chi connectivity index (χ1v) is 9.92. The van der Waals surface area contributed by atoms with E-state index < -0.39 is 0 Å². The molecule has 2 saturated carbocycles. The Hall–Kier alpha value is -2.04. The van der Waals surface area contributed by atoms with Gasteiger partial charge in [-0.3, -0.25) is 9.59 Å². The molecule has 0 radical (unpaired) electrons. The van der Waals surface area contributed by atoms with Gasteiger partial charge >= 0.3 is 5.97 Å².